The number of nitrogens with zero attached hydrogens (tertiary/aromatic N) is 5. The number of hydrogen-bond acceptors (Lipinski definition) is 6. The Hall–Kier alpha value is -3.88. The lowest BCUT2D eigenvalue weighted by molar-refractivity contribution is -0.384. The number of nitrogens with two attached hydrogens (primary N) is 1. The molecule has 0 radical (unpaired) electrons. The molecular weight excluding hydrogens is 339 g/mol. The molecule has 0 aliphatic rings. The molecule has 0 fully saturated rings. The van der Waals surface area contributed by atoms with E-state index in [4.69, 9.17) is 5.73 Å². The highest BCUT2D eigenvalue weighted by molar-refractivity contribution is 5.81. The molecule has 0 unspecified atom stereocenters. The summed E-state index contributed by atoms with van der Waals surface area (Å²) in [6, 6.07) is 10.5. The van der Waals surface area contributed by atoms with Crippen LogP contribution in [0.15, 0.2) is 54.9 Å². The van der Waals surface area contributed by atoms with Crippen LogP contribution < -0.4 is 5.73 Å². The molecule has 0 bridgehead atoms. The smallest absolute Gasteiger partial charge is 0.270 e. The average molecular weight is 350 g/mol. The maximum absolute atomic E-state index is 13.8. The quantitative estimate of drug-likeness (QED) is 0.449. The van der Waals surface area contributed by atoms with Gasteiger partial charge in [0.05, 0.1) is 22.0 Å². The minimum Gasteiger partial charge on any atom is -0.368 e. The first-order valence-corrected chi connectivity index (χ1v) is 7.54. The molecule has 4 rings (SSSR count). The Bertz CT molecular complexity index is 1160. The van der Waals surface area contributed by atoms with Crippen molar-refractivity contribution in [1.82, 2.24) is 19.4 Å². The first-order chi connectivity index (χ1) is 12.5. The van der Waals surface area contributed by atoms with E-state index in [-0.39, 0.29) is 11.6 Å². The number of nitro benzene ring substituents is 1. The summed E-state index contributed by atoms with van der Waals surface area (Å²) in [5.41, 5.74) is 7.91. The van der Waals surface area contributed by atoms with Crippen molar-refractivity contribution < 1.29 is 9.31 Å². The van der Waals surface area contributed by atoms with Gasteiger partial charge >= 0.3 is 0 Å². The summed E-state index contributed by atoms with van der Waals surface area (Å²) in [4.78, 5) is 23.2. The molecule has 0 saturated carbocycles. The first kappa shape index (κ1) is 15.6. The van der Waals surface area contributed by atoms with E-state index in [1.807, 2.05) is 0 Å². The van der Waals surface area contributed by atoms with Gasteiger partial charge in [-0.15, -0.1) is 0 Å². The number of nitro groups is 1. The van der Waals surface area contributed by atoms with Crippen molar-refractivity contribution in [3.63, 3.8) is 0 Å². The van der Waals surface area contributed by atoms with E-state index >= 15 is 0 Å². The van der Waals surface area contributed by atoms with Gasteiger partial charge < -0.3 is 5.73 Å². The lowest BCUT2D eigenvalue weighted by Gasteiger charge is -2.05. The van der Waals surface area contributed by atoms with E-state index in [1.165, 1.54) is 41.1 Å². The largest absolute Gasteiger partial charge is 0.368 e. The monoisotopic (exact) mass is 350 g/mol. The van der Waals surface area contributed by atoms with Crippen LogP contribution in [0.2, 0.25) is 0 Å². The van der Waals surface area contributed by atoms with Crippen LogP contribution in [0.5, 0.6) is 0 Å². The molecule has 8 nitrogen and oxygen atoms in total. The van der Waals surface area contributed by atoms with Crippen molar-refractivity contribution in [2.24, 2.45) is 0 Å². The van der Waals surface area contributed by atoms with Gasteiger partial charge in [-0.1, -0.05) is 12.1 Å². The number of imidazole rings is 1. The summed E-state index contributed by atoms with van der Waals surface area (Å²) in [5.74, 6) is -0.400. The molecule has 9 heteroatoms. The van der Waals surface area contributed by atoms with E-state index in [9.17, 15) is 14.5 Å². The highest BCUT2D eigenvalue weighted by Gasteiger charge is 2.19. The molecule has 128 valence electrons. The van der Waals surface area contributed by atoms with E-state index < -0.39 is 10.7 Å². The lowest BCUT2D eigenvalue weighted by atomic mass is 10.1. The van der Waals surface area contributed by atoms with Gasteiger partial charge in [0.15, 0.2) is 0 Å². The molecule has 3 heterocycles. The lowest BCUT2D eigenvalue weighted by Crippen LogP contribution is -1.98. The highest BCUT2D eigenvalue weighted by Crippen LogP contribution is 2.33. The molecule has 4 aromatic rings. The summed E-state index contributed by atoms with van der Waals surface area (Å²) in [6.07, 6.45) is 2.75. The van der Waals surface area contributed by atoms with Crippen LogP contribution in [0.3, 0.4) is 0 Å². The van der Waals surface area contributed by atoms with Crippen molar-refractivity contribution in [3.05, 3.63) is 70.8 Å². The normalized spacial score (nSPS) is 11.0. The number of rotatable bonds is 3. The van der Waals surface area contributed by atoms with Crippen LogP contribution in [0, 0.1) is 15.9 Å². The van der Waals surface area contributed by atoms with Crippen LogP contribution in [-0.2, 0) is 0 Å². The predicted molar refractivity (Wildman–Crippen MR) is 92.7 cm³/mol. The molecule has 0 amide bonds. The van der Waals surface area contributed by atoms with Crippen LogP contribution in [0.1, 0.15) is 0 Å². The number of anilines is 1. The number of aromatic nitrogens is 4. The number of nitrogen functional groups attached to an aromatic ring is 1. The van der Waals surface area contributed by atoms with E-state index in [0.29, 0.717) is 28.3 Å². The molecule has 0 atom stereocenters. The SMILES string of the molecule is Nc1nccc(-c2c(-c3cccc([N+](=O)[O-])c3)nc3ccc(F)cn23)n1. The number of hydrogen-bond donors (Lipinski definition) is 1. The molecular formula is C17H11FN6O2. The van der Waals surface area contributed by atoms with Crippen molar-refractivity contribution in [1.29, 1.82) is 0 Å². The Morgan fingerprint density at radius 1 is 1.15 bits per heavy atom. The minimum atomic E-state index is -0.485. The summed E-state index contributed by atoms with van der Waals surface area (Å²) in [7, 11) is 0. The van der Waals surface area contributed by atoms with E-state index in [2.05, 4.69) is 15.0 Å². The fraction of sp³-hybridized carbons (Fsp3) is 0. The Morgan fingerprint density at radius 3 is 2.77 bits per heavy atom. The van der Waals surface area contributed by atoms with Gasteiger partial charge in [0.25, 0.3) is 5.69 Å². The highest BCUT2D eigenvalue weighted by atomic mass is 19.1. The Balaban J connectivity index is 2.05. The van der Waals surface area contributed by atoms with Gasteiger partial charge in [0.2, 0.25) is 5.95 Å². The zero-order chi connectivity index (χ0) is 18.3. The second-order valence-electron chi connectivity index (χ2n) is 5.49. The molecule has 2 N–H and O–H groups in total. The van der Waals surface area contributed by atoms with E-state index in [0.717, 1.165) is 0 Å². The Morgan fingerprint density at radius 2 is 2.00 bits per heavy atom. The third kappa shape index (κ3) is 2.61. The molecule has 0 aliphatic heterocycles. The zero-order valence-electron chi connectivity index (χ0n) is 13.2. The molecule has 1 aromatic carbocycles. The van der Waals surface area contributed by atoms with Crippen LogP contribution in [-0.4, -0.2) is 24.3 Å². The van der Waals surface area contributed by atoms with Crippen molar-refractivity contribution in [3.8, 4) is 22.6 Å². The van der Waals surface area contributed by atoms with Crippen LogP contribution >= 0.6 is 0 Å². The fourth-order valence-corrected chi connectivity index (χ4v) is 2.74. The molecule has 0 aliphatic carbocycles. The van der Waals surface area contributed by atoms with Crippen LogP contribution in [0.25, 0.3) is 28.3 Å². The number of benzene rings is 1. The third-order valence-electron chi connectivity index (χ3n) is 3.83. The maximum Gasteiger partial charge on any atom is 0.270 e. The van der Waals surface area contributed by atoms with Crippen LogP contribution in [0.4, 0.5) is 16.0 Å². The average Bonchev–Trinajstić information content (AvgIpc) is 3.00. The fourth-order valence-electron chi connectivity index (χ4n) is 2.74. The van der Waals surface area contributed by atoms with Gasteiger partial charge in [-0.05, 0) is 18.2 Å². The molecule has 0 spiro atoms. The second kappa shape index (κ2) is 5.88. The van der Waals surface area contributed by atoms with Gasteiger partial charge in [-0.3, -0.25) is 14.5 Å². The Labute approximate surface area is 145 Å². The molecule has 26 heavy (non-hydrogen) atoms. The summed E-state index contributed by atoms with van der Waals surface area (Å²) >= 11 is 0. The molecule has 3 aromatic heterocycles. The van der Waals surface area contributed by atoms with Gasteiger partial charge in [-0.2, -0.15) is 0 Å². The van der Waals surface area contributed by atoms with Gasteiger partial charge in [0, 0.05) is 30.1 Å². The topological polar surface area (TPSA) is 112 Å². The van der Waals surface area contributed by atoms with E-state index in [1.54, 1.807) is 18.2 Å². The number of fused-ring (bicyclic) bond motifs is 1. The summed E-state index contributed by atoms with van der Waals surface area (Å²) in [5, 5.41) is 11.1. The van der Waals surface area contributed by atoms with Crippen molar-refractivity contribution in [2.75, 3.05) is 5.73 Å². The third-order valence-corrected chi connectivity index (χ3v) is 3.83. The predicted octanol–water partition coefficient (Wildman–Crippen LogP) is 3.09. The summed E-state index contributed by atoms with van der Waals surface area (Å²) in [6.45, 7) is 0. The Kier molecular flexibility index (Phi) is 3.54. The first-order valence-electron chi connectivity index (χ1n) is 7.54. The van der Waals surface area contributed by atoms with Gasteiger partial charge in [-0.25, -0.2) is 19.3 Å². The number of pyridine rings is 1. The van der Waals surface area contributed by atoms with Crippen molar-refractivity contribution in [2.45, 2.75) is 0 Å². The van der Waals surface area contributed by atoms with Crippen molar-refractivity contribution >= 4 is 17.3 Å². The zero-order valence-corrected chi connectivity index (χ0v) is 13.2. The summed E-state index contributed by atoms with van der Waals surface area (Å²) < 4.78 is 15.3. The number of non-ortho nitro benzene ring substituents is 1. The van der Waals surface area contributed by atoms with Gasteiger partial charge in [0.1, 0.15) is 11.5 Å². The number of halogens is 1. The molecule has 0 saturated heterocycles. The standard InChI is InChI=1S/C17H11FN6O2/c18-11-4-5-14-22-15(10-2-1-3-12(8-10)24(25)26)16(23(14)9-11)13-6-7-20-17(19)21-13/h1-9H,(H2,19,20,21). The second-order valence-corrected chi connectivity index (χ2v) is 5.49. The maximum atomic E-state index is 13.8. The minimum absolute atomic E-state index is 0.0545.